The average molecular weight is 529 g/mol. The van der Waals surface area contributed by atoms with Crippen molar-refractivity contribution in [3.8, 4) is 23.0 Å². The summed E-state index contributed by atoms with van der Waals surface area (Å²) in [4.78, 5) is 52.3. The topological polar surface area (TPSA) is 136 Å². The number of ether oxygens (including phenoxy) is 4. The zero-order chi connectivity index (χ0) is 27.3. The van der Waals surface area contributed by atoms with Crippen molar-refractivity contribution in [2.24, 2.45) is 0 Å². The summed E-state index contributed by atoms with van der Waals surface area (Å²) in [6.07, 6.45) is 0. The molecule has 0 aliphatic carbocycles. The van der Waals surface area contributed by atoms with Crippen LogP contribution in [0.4, 0.5) is 0 Å². The molecule has 2 aromatic rings. The minimum absolute atomic E-state index is 0.183. The van der Waals surface area contributed by atoms with Crippen molar-refractivity contribution in [3.05, 3.63) is 48.5 Å². The Morgan fingerprint density at radius 3 is 1.21 bits per heavy atom. The molecule has 1 aliphatic rings. The van der Waals surface area contributed by atoms with Crippen LogP contribution in [-0.2, 0) is 19.2 Å². The zero-order valence-corrected chi connectivity index (χ0v) is 21.4. The maximum atomic E-state index is 12.6. The van der Waals surface area contributed by atoms with E-state index in [1.165, 1.54) is 9.80 Å². The van der Waals surface area contributed by atoms with Crippen LogP contribution in [0.15, 0.2) is 48.5 Å². The molecule has 0 radical (unpaired) electrons. The summed E-state index contributed by atoms with van der Waals surface area (Å²) in [5.41, 5.74) is 0. The molecule has 2 N–H and O–H groups in total. The lowest BCUT2D eigenvalue weighted by atomic mass is 10.3. The van der Waals surface area contributed by atoms with Crippen LogP contribution in [0.5, 0.6) is 23.0 Å². The molecule has 4 amide bonds. The summed E-state index contributed by atoms with van der Waals surface area (Å²) in [5, 5.41) is 5.29. The van der Waals surface area contributed by atoms with E-state index in [1.807, 2.05) is 0 Å². The molecule has 0 saturated heterocycles. The molecule has 0 unspecified atom stereocenters. The van der Waals surface area contributed by atoms with Gasteiger partial charge in [0.25, 0.3) is 23.6 Å². The molecule has 0 spiro atoms. The number of para-hydroxylation sites is 4. The molecular formula is C26H32N4O8. The summed E-state index contributed by atoms with van der Waals surface area (Å²) in [5.74, 6) is -0.121. The van der Waals surface area contributed by atoms with Gasteiger partial charge in [-0.3, -0.25) is 19.2 Å². The Labute approximate surface area is 220 Å². The van der Waals surface area contributed by atoms with E-state index in [2.05, 4.69) is 10.6 Å². The minimum Gasteiger partial charge on any atom is -0.480 e. The van der Waals surface area contributed by atoms with E-state index in [9.17, 15) is 19.2 Å². The van der Waals surface area contributed by atoms with Gasteiger partial charge in [0.05, 0.1) is 0 Å². The van der Waals surface area contributed by atoms with Gasteiger partial charge >= 0.3 is 0 Å². The Morgan fingerprint density at radius 1 is 0.553 bits per heavy atom. The number of nitrogens with zero attached hydrogens (tertiary/aromatic N) is 2. The lowest BCUT2D eigenvalue weighted by molar-refractivity contribution is -0.135. The van der Waals surface area contributed by atoms with E-state index < -0.39 is 0 Å². The van der Waals surface area contributed by atoms with Crippen LogP contribution in [0.3, 0.4) is 0 Å². The van der Waals surface area contributed by atoms with Gasteiger partial charge in [0, 0.05) is 40.3 Å². The van der Waals surface area contributed by atoms with Crippen LogP contribution < -0.4 is 29.6 Å². The van der Waals surface area contributed by atoms with Crippen molar-refractivity contribution in [3.63, 3.8) is 0 Å². The quantitative estimate of drug-likeness (QED) is 0.490. The third kappa shape index (κ3) is 8.87. The molecule has 0 bridgehead atoms. The fourth-order valence-corrected chi connectivity index (χ4v) is 3.22. The second-order valence-electron chi connectivity index (χ2n) is 8.38. The molecule has 0 fully saturated rings. The lowest BCUT2D eigenvalue weighted by Crippen LogP contribution is -2.40. The highest BCUT2D eigenvalue weighted by Crippen LogP contribution is 2.27. The highest BCUT2D eigenvalue weighted by atomic mass is 16.5. The van der Waals surface area contributed by atoms with E-state index in [4.69, 9.17) is 18.9 Å². The monoisotopic (exact) mass is 528 g/mol. The maximum Gasteiger partial charge on any atom is 0.260 e. The predicted molar refractivity (Wildman–Crippen MR) is 136 cm³/mol. The lowest BCUT2D eigenvalue weighted by Gasteiger charge is -2.23. The number of benzene rings is 2. The number of hydrogen-bond donors (Lipinski definition) is 2. The van der Waals surface area contributed by atoms with Gasteiger partial charge in [-0.05, 0) is 24.3 Å². The van der Waals surface area contributed by atoms with Crippen LogP contribution in [0.25, 0.3) is 0 Å². The second-order valence-corrected chi connectivity index (χ2v) is 8.38. The van der Waals surface area contributed by atoms with Crippen LogP contribution >= 0.6 is 0 Å². The molecule has 0 atom stereocenters. The first-order valence-electron chi connectivity index (χ1n) is 12.0. The van der Waals surface area contributed by atoms with E-state index in [1.54, 1.807) is 62.6 Å². The molecule has 12 heteroatoms. The van der Waals surface area contributed by atoms with Crippen molar-refractivity contribution < 1.29 is 38.1 Å². The third-order valence-corrected chi connectivity index (χ3v) is 5.51. The van der Waals surface area contributed by atoms with Crippen LogP contribution in [0, 0.1) is 0 Å². The molecule has 0 aromatic heterocycles. The summed E-state index contributed by atoms with van der Waals surface area (Å²) in [6.45, 7) is -0.134. The summed E-state index contributed by atoms with van der Waals surface area (Å²) >= 11 is 0. The largest absolute Gasteiger partial charge is 0.480 e. The SMILES string of the molecule is CN1CCN(C)C(=O)COc2ccccc2OCC(=O)NCCNC(=O)COc2ccccc2OCC1=O. The second kappa shape index (κ2) is 14.3. The van der Waals surface area contributed by atoms with Gasteiger partial charge in [-0.15, -0.1) is 0 Å². The van der Waals surface area contributed by atoms with Crippen LogP contribution in [0.2, 0.25) is 0 Å². The van der Waals surface area contributed by atoms with Crippen LogP contribution in [0.1, 0.15) is 0 Å². The predicted octanol–water partition coefficient (Wildman–Crippen LogP) is 0.0648. The fourth-order valence-electron chi connectivity index (χ4n) is 3.22. The molecule has 204 valence electrons. The number of rotatable bonds is 0. The molecule has 12 nitrogen and oxygen atoms in total. The van der Waals surface area contributed by atoms with Gasteiger partial charge in [0.15, 0.2) is 49.4 Å². The normalized spacial score (nSPS) is 17.2. The van der Waals surface area contributed by atoms with Crippen molar-refractivity contribution >= 4 is 23.6 Å². The van der Waals surface area contributed by atoms with Crippen molar-refractivity contribution in [1.29, 1.82) is 0 Å². The van der Waals surface area contributed by atoms with Crippen molar-refractivity contribution in [2.45, 2.75) is 0 Å². The van der Waals surface area contributed by atoms with E-state index in [0.717, 1.165) is 0 Å². The summed E-state index contributed by atoms with van der Waals surface area (Å²) in [7, 11) is 3.22. The molecular weight excluding hydrogens is 496 g/mol. The standard InChI is InChI=1S/C26H32N4O8/c1-29-13-14-30(2)26(34)18-38-22-10-6-4-8-20(22)36-16-24(32)28-12-11-27-23(31)15-35-19-7-3-5-9-21(19)37-17-25(29)33/h3-10H,11-18H2,1-2H3,(H,27,31)(H,28,32). The highest BCUT2D eigenvalue weighted by molar-refractivity contribution is 5.80. The minimum atomic E-state index is -0.389. The Balaban J connectivity index is 1.66. The van der Waals surface area contributed by atoms with Gasteiger partial charge in [-0.1, -0.05) is 24.3 Å². The number of fused-ring (bicyclic) bond motifs is 2. The van der Waals surface area contributed by atoms with Gasteiger partial charge in [0.2, 0.25) is 0 Å². The molecule has 1 aliphatic heterocycles. The molecule has 3 rings (SSSR count). The number of likely N-dealkylation sites (N-methyl/N-ethyl adjacent to an activating group) is 2. The van der Waals surface area contributed by atoms with Gasteiger partial charge < -0.3 is 39.4 Å². The van der Waals surface area contributed by atoms with E-state index in [-0.39, 0.29) is 76.2 Å². The Kier molecular flexibility index (Phi) is 10.6. The summed E-state index contributed by atoms with van der Waals surface area (Å²) < 4.78 is 22.4. The number of hydrogen-bond acceptors (Lipinski definition) is 8. The first kappa shape index (κ1) is 28.1. The third-order valence-electron chi connectivity index (χ3n) is 5.51. The van der Waals surface area contributed by atoms with Crippen molar-refractivity contribution in [2.75, 3.05) is 66.7 Å². The van der Waals surface area contributed by atoms with Crippen molar-refractivity contribution in [1.82, 2.24) is 20.4 Å². The first-order chi connectivity index (χ1) is 18.3. The Morgan fingerprint density at radius 2 is 0.868 bits per heavy atom. The van der Waals surface area contributed by atoms with Crippen LogP contribution in [-0.4, -0.2) is 100 Å². The van der Waals surface area contributed by atoms with Gasteiger partial charge in [-0.2, -0.15) is 0 Å². The molecule has 1 heterocycles. The van der Waals surface area contributed by atoms with E-state index >= 15 is 0 Å². The molecule has 2 aromatic carbocycles. The highest BCUT2D eigenvalue weighted by Gasteiger charge is 2.16. The van der Waals surface area contributed by atoms with Gasteiger partial charge in [-0.25, -0.2) is 0 Å². The number of amides is 4. The zero-order valence-electron chi connectivity index (χ0n) is 21.4. The number of carbonyl (C=O) groups is 4. The fraction of sp³-hybridized carbons (Fsp3) is 0.385. The van der Waals surface area contributed by atoms with E-state index in [0.29, 0.717) is 23.0 Å². The molecule has 38 heavy (non-hydrogen) atoms. The Hall–Kier alpha value is -4.48. The summed E-state index contributed by atoms with van der Waals surface area (Å²) in [6, 6.07) is 13.4. The smallest absolute Gasteiger partial charge is 0.260 e. The number of carbonyl (C=O) groups excluding carboxylic acids is 4. The van der Waals surface area contributed by atoms with Gasteiger partial charge in [0.1, 0.15) is 0 Å². The maximum absolute atomic E-state index is 12.6. The molecule has 0 saturated carbocycles. The first-order valence-corrected chi connectivity index (χ1v) is 12.0. The average Bonchev–Trinajstić information content (AvgIpc) is 2.93. The Bertz CT molecular complexity index is 1040. The number of nitrogens with one attached hydrogen (secondary N) is 2.